The number of hydrogen-bond acceptors (Lipinski definition) is 2. The summed E-state index contributed by atoms with van der Waals surface area (Å²) in [6.07, 6.45) is 6.35. The molecule has 0 spiro atoms. The second kappa shape index (κ2) is 13.0. The summed E-state index contributed by atoms with van der Waals surface area (Å²) in [7, 11) is 0. The standard InChI is InChI=1S/C44H30N4.Zn/c1-5-13-29(14-6-1)38-27-37-26-35-22-21-33(45-35)25-34-23-24-36(46-34)28-39-40(30-15-7-2-8-16-30)41(31-17-9-3-10-18-31)44(48-39)42(43(38)47-37)32-19-11-4-12-20-32;/h1-28,45,48H;. The second-order valence-corrected chi connectivity index (χ2v) is 12.0. The van der Waals surface area contributed by atoms with Crippen LogP contribution in [-0.4, -0.2) is 19.9 Å². The molecule has 0 atom stereocenters. The summed E-state index contributed by atoms with van der Waals surface area (Å²) in [5.74, 6) is 0. The van der Waals surface area contributed by atoms with Crippen molar-refractivity contribution in [2.24, 2.45) is 0 Å². The average molecular weight is 680 g/mol. The minimum absolute atomic E-state index is 0. The van der Waals surface area contributed by atoms with Crippen molar-refractivity contribution < 1.29 is 19.5 Å². The van der Waals surface area contributed by atoms with Gasteiger partial charge in [0.15, 0.2) is 0 Å². The van der Waals surface area contributed by atoms with Gasteiger partial charge in [-0.1, -0.05) is 121 Å². The van der Waals surface area contributed by atoms with Crippen LogP contribution in [0.1, 0.15) is 28.3 Å². The van der Waals surface area contributed by atoms with Crippen LogP contribution in [0, 0.1) is 0 Å². The molecule has 5 heterocycles. The molecule has 2 aliphatic heterocycles. The molecule has 2 aliphatic rings. The van der Waals surface area contributed by atoms with E-state index in [4.69, 9.17) is 9.97 Å². The molecule has 3 aromatic heterocycles. The summed E-state index contributed by atoms with van der Waals surface area (Å²) in [6, 6.07) is 53.0. The van der Waals surface area contributed by atoms with Crippen molar-refractivity contribution >= 4 is 45.9 Å². The minimum Gasteiger partial charge on any atom is -0.355 e. The van der Waals surface area contributed by atoms with Crippen molar-refractivity contribution in [2.45, 2.75) is 0 Å². The number of fused-ring (bicyclic) bond motifs is 8. The van der Waals surface area contributed by atoms with Crippen LogP contribution >= 0.6 is 0 Å². The Morgan fingerprint density at radius 3 is 1.49 bits per heavy atom. The first-order chi connectivity index (χ1) is 23.8. The van der Waals surface area contributed by atoms with Gasteiger partial charge in [0, 0.05) is 58.3 Å². The van der Waals surface area contributed by atoms with Gasteiger partial charge in [0.25, 0.3) is 0 Å². The Morgan fingerprint density at radius 2 is 0.898 bits per heavy atom. The van der Waals surface area contributed by atoms with Gasteiger partial charge >= 0.3 is 0 Å². The molecule has 228 valence electrons. The maximum absolute atomic E-state index is 5.42. The average Bonchev–Trinajstić information content (AvgIpc) is 3.94. The largest absolute Gasteiger partial charge is 0.355 e. The fourth-order valence-corrected chi connectivity index (χ4v) is 6.78. The Morgan fingerprint density at radius 1 is 0.408 bits per heavy atom. The number of aromatic nitrogens is 4. The third-order valence-electron chi connectivity index (χ3n) is 8.89. The maximum Gasteiger partial charge on any atom is 0.0815 e. The molecule has 8 bridgehead atoms. The minimum atomic E-state index is 0. The molecule has 0 saturated heterocycles. The molecule has 9 rings (SSSR count). The van der Waals surface area contributed by atoms with E-state index in [-0.39, 0.29) is 19.5 Å². The quantitative estimate of drug-likeness (QED) is 0.182. The molecule has 2 N–H and O–H groups in total. The molecule has 5 heteroatoms. The Labute approximate surface area is 297 Å². The number of rotatable bonds is 4. The molecule has 0 saturated carbocycles. The Balaban J connectivity index is 0.00000348. The fraction of sp³-hybridized carbons (Fsp3) is 0. The van der Waals surface area contributed by atoms with Crippen LogP contribution in [0.25, 0.3) is 79.2 Å². The second-order valence-electron chi connectivity index (χ2n) is 12.0. The van der Waals surface area contributed by atoms with E-state index in [1.54, 1.807) is 0 Å². The van der Waals surface area contributed by atoms with Crippen molar-refractivity contribution in [3.63, 3.8) is 0 Å². The van der Waals surface area contributed by atoms with E-state index in [1.807, 2.05) is 0 Å². The van der Waals surface area contributed by atoms with Crippen LogP contribution in [0.15, 0.2) is 152 Å². The van der Waals surface area contributed by atoms with Crippen molar-refractivity contribution in [1.82, 2.24) is 19.9 Å². The van der Waals surface area contributed by atoms with E-state index < -0.39 is 0 Å². The molecule has 0 unspecified atom stereocenters. The summed E-state index contributed by atoms with van der Waals surface area (Å²) in [6.45, 7) is 0. The van der Waals surface area contributed by atoms with E-state index in [1.165, 1.54) is 0 Å². The van der Waals surface area contributed by atoms with E-state index in [0.717, 1.165) is 89.4 Å². The first kappa shape index (κ1) is 30.4. The van der Waals surface area contributed by atoms with Crippen LogP contribution < -0.4 is 0 Å². The van der Waals surface area contributed by atoms with Crippen LogP contribution in [0.2, 0.25) is 0 Å². The van der Waals surface area contributed by atoms with Crippen molar-refractivity contribution in [3.05, 3.63) is 180 Å². The van der Waals surface area contributed by atoms with Gasteiger partial charge in [-0.05, 0) is 70.8 Å². The molecular weight excluding hydrogens is 650 g/mol. The van der Waals surface area contributed by atoms with Crippen molar-refractivity contribution in [1.29, 1.82) is 0 Å². The molecular formula is C44H30N4Zn. The maximum atomic E-state index is 5.42. The zero-order chi connectivity index (χ0) is 31.9. The van der Waals surface area contributed by atoms with Crippen molar-refractivity contribution in [3.8, 4) is 33.4 Å². The summed E-state index contributed by atoms with van der Waals surface area (Å²) >= 11 is 0. The topological polar surface area (TPSA) is 57.4 Å². The van der Waals surface area contributed by atoms with Crippen LogP contribution in [0.3, 0.4) is 0 Å². The summed E-state index contributed by atoms with van der Waals surface area (Å²) < 4.78 is 0. The first-order valence-electron chi connectivity index (χ1n) is 16.2. The van der Waals surface area contributed by atoms with Crippen LogP contribution in [0.4, 0.5) is 0 Å². The van der Waals surface area contributed by atoms with Gasteiger partial charge in [0.2, 0.25) is 0 Å². The molecule has 4 nitrogen and oxygen atoms in total. The third kappa shape index (κ3) is 5.79. The van der Waals surface area contributed by atoms with Gasteiger partial charge in [0.05, 0.1) is 28.3 Å². The van der Waals surface area contributed by atoms with E-state index >= 15 is 0 Å². The predicted octanol–water partition coefficient (Wildman–Crippen LogP) is 11.1. The van der Waals surface area contributed by atoms with Crippen molar-refractivity contribution in [2.75, 3.05) is 0 Å². The first-order valence-corrected chi connectivity index (χ1v) is 16.2. The molecule has 7 aromatic rings. The number of aromatic amines is 2. The smallest absolute Gasteiger partial charge is 0.0815 e. The molecule has 0 amide bonds. The van der Waals surface area contributed by atoms with E-state index in [0.29, 0.717) is 0 Å². The number of nitrogens with zero attached hydrogens (tertiary/aromatic N) is 2. The zero-order valence-electron chi connectivity index (χ0n) is 26.8. The Hall–Kier alpha value is -5.90. The molecule has 0 radical (unpaired) electrons. The third-order valence-corrected chi connectivity index (χ3v) is 8.89. The van der Waals surface area contributed by atoms with Crippen LogP contribution in [0.5, 0.6) is 0 Å². The number of hydrogen-bond donors (Lipinski definition) is 2. The summed E-state index contributed by atoms with van der Waals surface area (Å²) in [5.41, 5.74) is 16.3. The van der Waals surface area contributed by atoms with Gasteiger partial charge in [0.1, 0.15) is 0 Å². The van der Waals surface area contributed by atoms with E-state index in [9.17, 15) is 0 Å². The van der Waals surface area contributed by atoms with Gasteiger partial charge in [-0.15, -0.1) is 0 Å². The van der Waals surface area contributed by atoms with Crippen LogP contribution in [-0.2, 0) is 19.5 Å². The molecule has 0 aliphatic carbocycles. The Bertz CT molecular complexity index is 2530. The molecule has 0 fully saturated rings. The monoisotopic (exact) mass is 678 g/mol. The summed E-state index contributed by atoms with van der Waals surface area (Å²) in [5, 5.41) is 0. The summed E-state index contributed by atoms with van der Waals surface area (Å²) in [4.78, 5) is 17.9. The zero-order valence-corrected chi connectivity index (χ0v) is 29.7. The normalized spacial score (nSPS) is 12.0. The molecule has 49 heavy (non-hydrogen) atoms. The van der Waals surface area contributed by atoms with Gasteiger partial charge < -0.3 is 9.97 Å². The van der Waals surface area contributed by atoms with Gasteiger partial charge in [-0.3, -0.25) is 0 Å². The SMILES string of the molecule is C1=Cc2cc3[nH]c(c(-c4ccccc4)c4nc(cc5ccc(cc1n2)[nH]5)C=C4c1ccccc1)c(-c1ccccc1)c3-c1ccccc1.[Zn]. The Kier molecular flexibility index (Phi) is 8.05. The predicted molar refractivity (Wildman–Crippen MR) is 200 cm³/mol. The molecule has 4 aromatic carbocycles. The van der Waals surface area contributed by atoms with Gasteiger partial charge in [-0.25, -0.2) is 9.97 Å². The van der Waals surface area contributed by atoms with E-state index in [2.05, 4.69) is 180 Å². The van der Waals surface area contributed by atoms with Gasteiger partial charge in [-0.2, -0.15) is 0 Å². The number of benzene rings is 4. The fourth-order valence-electron chi connectivity index (χ4n) is 6.78. The number of H-pyrrole nitrogens is 2. The number of nitrogens with one attached hydrogen (secondary N) is 2.